The minimum atomic E-state index is -0.886. The van der Waals surface area contributed by atoms with Crippen LogP contribution in [0.15, 0.2) is 48.7 Å². The zero-order valence-electron chi connectivity index (χ0n) is 14.7. The van der Waals surface area contributed by atoms with E-state index in [1.54, 1.807) is 37.3 Å². The van der Waals surface area contributed by atoms with Crippen molar-refractivity contribution in [1.82, 2.24) is 10.3 Å². The van der Waals surface area contributed by atoms with Gasteiger partial charge in [-0.05, 0) is 44.0 Å². The fourth-order valence-electron chi connectivity index (χ4n) is 2.91. The summed E-state index contributed by atoms with van der Waals surface area (Å²) in [6.07, 6.45) is 3.99. The number of hydrogen-bond acceptors (Lipinski definition) is 5. The first kappa shape index (κ1) is 18.3. The number of amidine groups is 1. The third kappa shape index (κ3) is 4.01. The molecule has 0 aliphatic heterocycles. The van der Waals surface area contributed by atoms with Gasteiger partial charge in [-0.2, -0.15) is 5.26 Å². The second-order valence-corrected chi connectivity index (χ2v) is 6.40. The number of anilines is 1. The lowest BCUT2D eigenvalue weighted by Gasteiger charge is -2.16. The molecule has 1 aliphatic rings. The van der Waals surface area contributed by atoms with Crippen LogP contribution in [0.5, 0.6) is 0 Å². The first-order valence-corrected chi connectivity index (χ1v) is 8.41. The van der Waals surface area contributed by atoms with Crippen LogP contribution in [-0.4, -0.2) is 16.7 Å². The number of pyridine rings is 1. The highest BCUT2D eigenvalue weighted by molar-refractivity contribution is 6.07. The number of aryl methyl sites for hydroxylation is 1. The van der Waals surface area contributed by atoms with Crippen molar-refractivity contribution in [2.45, 2.75) is 25.2 Å². The van der Waals surface area contributed by atoms with Gasteiger partial charge in [-0.1, -0.05) is 18.2 Å². The summed E-state index contributed by atoms with van der Waals surface area (Å²) in [5.41, 5.74) is 1.11. The Hall–Kier alpha value is -3.53. The monoisotopic (exact) mass is 363 g/mol. The summed E-state index contributed by atoms with van der Waals surface area (Å²) in [7, 11) is 0. The van der Waals surface area contributed by atoms with Crippen LogP contribution in [-0.2, 0) is 10.2 Å². The van der Waals surface area contributed by atoms with Crippen molar-refractivity contribution in [3.8, 4) is 6.07 Å². The van der Waals surface area contributed by atoms with Gasteiger partial charge in [0.2, 0.25) is 5.91 Å². The molecule has 1 heterocycles. The molecule has 1 aliphatic carbocycles. The standard InChI is InChI=1S/C20H18FN5O/c1-13-10-14(11-15(12-22)25-13)24-9-6-18(23)26-19(27)20(7-8-20)16-4-2-3-5-17(16)21/h2-6,9-11H,7-8H2,1H3,(H,24,25)(H2,23,26,27)/b9-6-. The number of rotatable bonds is 5. The van der Waals surface area contributed by atoms with Crippen molar-refractivity contribution in [2.24, 2.45) is 0 Å². The van der Waals surface area contributed by atoms with Crippen molar-refractivity contribution in [2.75, 3.05) is 5.32 Å². The maximum atomic E-state index is 14.0. The largest absolute Gasteiger partial charge is 0.361 e. The Balaban J connectivity index is 1.62. The fourth-order valence-corrected chi connectivity index (χ4v) is 2.91. The topological polar surface area (TPSA) is 102 Å². The Bertz CT molecular complexity index is 973. The van der Waals surface area contributed by atoms with Crippen LogP contribution in [0.3, 0.4) is 0 Å². The molecule has 6 nitrogen and oxygen atoms in total. The van der Waals surface area contributed by atoms with Gasteiger partial charge >= 0.3 is 0 Å². The van der Waals surface area contributed by atoms with Crippen LogP contribution in [0.2, 0.25) is 0 Å². The molecule has 3 N–H and O–H groups in total. The van der Waals surface area contributed by atoms with E-state index in [0.717, 1.165) is 0 Å². The summed E-state index contributed by atoms with van der Waals surface area (Å²) in [6.45, 7) is 1.77. The molecule has 1 saturated carbocycles. The number of aromatic nitrogens is 1. The number of carbonyl (C=O) groups is 1. The van der Waals surface area contributed by atoms with Gasteiger partial charge in [0.15, 0.2) is 0 Å². The fraction of sp³-hybridized carbons (Fsp3) is 0.200. The molecule has 1 aromatic heterocycles. The lowest BCUT2D eigenvalue weighted by molar-refractivity contribution is -0.122. The highest BCUT2D eigenvalue weighted by Gasteiger charge is 2.52. The smallest absolute Gasteiger partial charge is 0.236 e. The minimum absolute atomic E-state index is 0.110. The number of amides is 1. The third-order valence-corrected chi connectivity index (χ3v) is 4.39. The maximum Gasteiger partial charge on any atom is 0.236 e. The van der Waals surface area contributed by atoms with Crippen LogP contribution < -0.4 is 10.6 Å². The van der Waals surface area contributed by atoms with Crippen molar-refractivity contribution in [3.05, 3.63) is 71.4 Å². The SMILES string of the molecule is Cc1cc(N/C=C\C(=N)NC(=O)C2(c3ccccc3F)CC2)cc(C#N)n1. The van der Waals surface area contributed by atoms with E-state index in [-0.39, 0.29) is 17.4 Å². The molecule has 27 heavy (non-hydrogen) atoms. The van der Waals surface area contributed by atoms with Gasteiger partial charge in [0.05, 0.1) is 5.41 Å². The van der Waals surface area contributed by atoms with E-state index in [2.05, 4.69) is 15.6 Å². The van der Waals surface area contributed by atoms with E-state index in [1.165, 1.54) is 18.3 Å². The molecule has 3 rings (SSSR count). The Morgan fingerprint density at radius 2 is 2.11 bits per heavy atom. The molecule has 0 spiro atoms. The Labute approximate surface area is 156 Å². The predicted octanol–water partition coefficient (Wildman–Crippen LogP) is 3.15. The molecule has 1 amide bonds. The van der Waals surface area contributed by atoms with E-state index < -0.39 is 11.2 Å². The average Bonchev–Trinajstić information content (AvgIpc) is 3.43. The Morgan fingerprint density at radius 1 is 1.37 bits per heavy atom. The summed E-state index contributed by atoms with van der Waals surface area (Å²) in [5.74, 6) is -0.898. The lowest BCUT2D eigenvalue weighted by atomic mass is 9.94. The Morgan fingerprint density at radius 3 is 2.78 bits per heavy atom. The normalized spacial score (nSPS) is 14.4. The predicted molar refractivity (Wildman–Crippen MR) is 99.6 cm³/mol. The molecule has 0 bridgehead atoms. The molecular weight excluding hydrogens is 345 g/mol. The first-order chi connectivity index (χ1) is 12.9. The number of hydrogen-bond donors (Lipinski definition) is 3. The van der Waals surface area contributed by atoms with Crippen molar-refractivity contribution >= 4 is 17.4 Å². The second-order valence-electron chi connectivity index (χ2n) is 6.40. The van der Waals surface area contributed by atoms with E-state index in [1.807, 2.05) is 6.07 Å². The quantitative estimate of drug-likeness (QED) is 0.561. The summed E-state index contributed by atoms with van der Waals surface area (Å²) in [5, 5.41) is 22.3. The molecule has 0 saturated heterocycles. The zero-order valence-corrected chi connectivity index (χ0v) is 14.7. The lowest BCUT2D eigenvalue weighted by Crippen LogP contribution is -2.38. The zero-order chi connectivity index (χ0) is 19.4. The van der Waals surface area contributed by atoms with E-state index in [4.69, 9.17) is 10.7 Å². The first-order valence-electron chi connectivity index (χ1n) is 8.41. The van der Waals surface area contributed by atoms with Gasteiger partial charge in [0.1, 0.15) is 23.4 Å². The minimum Gasteiger partial charge on any atom is -0.361 e. The number of nitriles is 1. The summed E-state index contributed by atoms with van der Waals surface area (Å²) >= 11 is 0. The Kier molecular flexibility index (Phi) is 4.99. The van der Waals surface area contributed by atoms with Gasteiger partial charge < -0.3 is 10.6 Å². The van der Waals surface area contributed by atoms with Gasteiger partial charge in [-0.25, -0.2) is 9.37 Å². The number of nitrogens with one attached hydrogen (secondary N) is 3. The van der Waals surface area contributed by atoms with Crippen LogP contribution >= 0.6 is 0 Å². The van der Waals surface area contributed by atoms with Gasteiger partial charge in [0.25, 0.3) is 0 Å². The van der Waals surface area contributed by atoms with Gasteiger partial charge in [-0.3, -0.25) is 10.2 Å². The maximum absolute atomic E-state index is 14.0. The van der Waals surface area contributed by atoms with E-state index in [9.17, 15) is 9.18 Å². The second kappa shape index (κ2) is 7.38. The highest BCUT2D eigenvalue weighted by Crippen LogP contribution is 2.49. The molecule has 1 fully saturated rings. The highest BCUT2D eigenvalue weighted by atomic mass is 19.1. The average molecular weight is 363 g/mol. The van der Waals surface area contributed by atoms with Gasteiger partial charge in [-0.15, -0.1) is 0 Å². The number of carbonyl (C=O) groups excluding carboxylic acids is 1. The molecule has 0 atom stereocenters. The summed E-state index contributed by atoms with van der Waals surface area (Å²) in [6, 6.07) is 11.5. The van der Waals surface area contributed by atoms with Crippen molar-refractivity contribution < 1.29 is 9.18 Å². The third-order valence-electron chi connectivity index (χ3n) is 4.39. The summed E-state index contributed by atoms with van der Waals surface area (Å²) in [4.78, 5) is 16.6. The van der Waals surface area contributed by atoms with E-state index in [0.29, 0.717) is 29.8 Å². The van der Waals surface area contributed by atoms with E-state index >= 15 is 0 Å². The molecule has 136 valence electrons. The number of benzene rings is 1. The molecule has 2 aromatic rings. The van der Waals surface area contributed by atoms with Crippen LogP contribution in [0, 0.1) is 29.5 Å². The van der Waals surface area contributed by atoms with Crippen LogP contribution in [0.4, 0.5) is 10.1 Å². The molecular formula is C20H18FN5O. The van der Waals surface area contributed by atoms with Crippen LogP contribution in [0.1, 0.15) is 29.8 Å². The van der Waals surface area contributed by atoms with Crippen molar-refractivity contribution in [3.63, 3.8) is 0 Å². The van der Waals surface area contributed by atoms with Crippen LogP contribution in [0.25, 0.3) is 0 Å². The van der Waals surface area contributed by atoms with Gasteiger partial charge in [0, 0.05) is 23.1 Å². The summed E-state index contributed by atoms with van der Waals surface area (Å²) < 4.78 is 14.0. The molecule has 0 radical (unpaired) electrons. The molecule has 7 heteroatoms. The number of nitrogens with zero attached hydrogens (tertiary/aromatic N) is 2. The molecule has 1 aromatic carbocycles. The number of halogens is 1. The molecule has 0 unspecified atom stereocenters. The van der Waals surface area contributed by atoms with Crippen molar-refractivity contribution in [1.29, 1.82) is 10.7 Å².